The van der Waals surface area contributed by atoms with Crippen LogP contribution in [0.25, 0.3) is 0 Å². The van der Waals surface area contributed by atoms with E-state index in [1.165, 1.54) is 12.1 Å². The Balaban J connectivity index is 2.86. The minimum absolute atomic E-state index is 0.0368. The molecule has 0 heterocycles. The van der Waals surface area contributed by atoms with Gasteiger partial charge in [0.2, 0.25) is 0 Å². The maximum atomic E-state index is 11.8. The molecule has 0 spiro atoms. The minimum Gasteiger partial charge on any atom is -0.480 e. The van der Waals surface area contributed by atoms with Crippen molar-refractivity contribution in [2.24, 2.45) is 0 Å². The van der Waals surface area contributed by atoms with Gasteiger partial charge in [0.15, 0.2) is 11.5 Å². The summed E-state index contributed by atoms with van der Waals surface area (Å²) in [5.74, 6) is -2.02. The Hall–Kier alpha value is -3.14. The molecule has 2 unspecified atom stereocenters. The number of carbonyl (C=O) groups excluding carboxylic acids is 3. The predicted octanol–water partition coefficient (Wildman–Crippen LogP) is 3.24. The van der Waals surface area contributed by atoms with E-state index in [0.717, 1.165) is 0 Å². The van der Waals surface area contributed by atoms with E-state index in [1.807, 2.05) is 6.92 Å². The monoisotopic (exact) mass is 467 g/mol. The molecule has 184 valence electrons. The number of carbonyl (C=O) groups is 4. The Morgan fingerprint density at radius 1 is 0.909 bits per heavy atom. The van der Waals surface area contributed by atoms with E-state index in [4.69, 9.17) is 18.9 Å². The molecule has 0 fully saturated rings. The van der Waals surface area contributed by atoms with E-state index in [1.54, 1.807) is 33.8 Å². The first-order chi connectivity index (χ1) is 15.6. The molecule has 10 nitrogen and oxygen atoms in total. The quantitative estimate of drug-likeness (QED) is 0.328. The van der Waals surface area contributed by atoms with Crippen LogP contribution in [-0.4, -0.2) is 54.0 Å². The van der Waals surface area contributed by atoms with E-state index in [2.05, 4.69) is 5.32 Å². The van der Waals surface area contributed by atoms with Crippen LogP contribution in [-0.2, 0) is 30.3 Å². The number of nitrogens with one attached hydrogen (secondary N) is 1. The molecular weight excluding hydrogens is 434 g/mol. The first-order valence-corrected chi connectivity index (χ1v) is 11.0. The van der Waals surface area contributed by atoms with Crippen LogP contribution in [0.1, 0.15) is 59.4 Å². The van der Waals surface area contributed by atoms with Crippen molar-refractivity contribution in [2.45, 2.75) is 78.6 Å². The van der Waals surface area contributed by atoms with Crippen molar-refractivity contribution in [1.29, 1.82) is 0 Å². The van der Waals surface area contributed by atoms with Gasteiger partial charge in [0.25, 0.3) is 0 Å². The van der Waals surface area contributed by atoms with E-state index >= 15 is 0 Å². The number of esters is 2. The fourth-order valence-electron chi connectivity index (χ4n) is 2.51. The van der Waals surface area contributed by atoms with Crippen LogP contribution in [0.3, 0.4) is 0 Å². The van der Waals surface area contributed by atoms with Crippen LogP contribution in [0, 0.1) is 0 Å². The fraction of sp³-hybridized carbons (Fsp3) is 0.565. The minimum atomic E-state index is -1.11. The molecule has 1 aromatic carbocycles. The molecule has 0 saturated carbocycles. The molecule has 1 rings (SSSR count). The van der Waals surface area contributed by atoms with Crippen LogP contribution in [0.15, 0.2) is 18.2 Å². The van der Waals surface area contributed by atoms with Gasteiger partial charge < -0.3 is 29.4 Å². The average molecular weight is 468 g/mol. The van der Waals surface area contributed by atoms with Gasteiger partial charge in [-0.2, -0.15) is 0 Å². The van der Waals surface area contributed by atoms with Crippen LogP contribution in [0.5, 0.6) is 11.5 Å². The summed E-state index contributed by atoms with van der Waals surface area (Å²) in [6.07, 6.45) is -0.779. The largest absolute Gasteiger partial charge is 0.508 e. The number of aliphatic carboxylic acids is 1. The van der Waals surface area contributed by atoms with E-state index in [9.17, 15) is 24.3 Å². The molecule has 0 radical (unpaired) electrons. The van der Waals surface area contributed by atoms with Crippen molar-refractivity contribution in [3.05, 3.63) is 23.8 Å². The third-order valence-corrected chi connectivity index (χ3v) is 4.59. The van der Waals surface area contributed by atoms with E-state index < -0.39 is 36.2 Å². The molecule has 0 amide bonds. The number of hydrogen-bond acceptors (Lipinski definition) is 9. The van der Waals surface area contributed by atoms with Crippen molar-refractivity contribution < 1.29 is 43.2 Å². The molecule has 0 saturated heterocycles. The summed E-state index contributed by atoms with van der Waals surface area (Å²) < 4.78 is 20.6. The van der Waals surface area contributed by atoms with Gasteiger partial charge in [0.05, 0.1) is 0 Å². The lowest BCUT2D eigenvalue weighted by molar-refractivity contribution is -0.139. The third-order valence-electron chi connectivity index (χ3n) is 4.59. The van der Waals surface area contributed by atoms with Gasteiger partial charge in [0.1, 0.15) is 18.2 Å². The molecule has 0 aliphatic rings. The number of ether oxygens (including phenoxy) is 4. The Labute approximate surface area is 193 Å². The fourth-order valence-corrected chi connectivity index (χ4v) is 2.51. The lowest BCUT2D eigenvalue weighted by Crippen LogP contribution is -2.42. The van der Waals surface area contributed by atoms with Crippen molar-refractivity contribution >= 4 is 24.1 Å². The topological polar surface area (TPSA) is 137 Å². The molecule has 2 N–H and O–H groups in total. The van der Waals surface area contributed by atoms with E-state index in [0.29, 0.717) is 12.0 Å². The van der Waals surface area contributed by atoms with Crippen molar-refractivity contribution in [3.8, 4) is 11.5 Å². The third kappa shape index (κ3) is 10.3. The number of benzene rings is 1. The maximum Gasteiger partial charge on any atom is 0.508 e. The Morgan fingerprint density at radius 2 is 1.48 bits per heavy atom. The van der Waals surface area contributed by atoms with Gasteiger partial charge in [-0.1, -0.05) is 26.8 Å². The van der Waals surface area contributed by atoms with Crippen molar-refractivity contribution in [3.63, 3.8) is 0 Å². The second-order valence-electron chi connectivity index (χ2n) is 7.45. The van der Waals surface area contributed by atoms with Gasteiger partial charge in [0, 0.05) is 19.4 Å². The number of carboxylic acids is 1. The first kappa shape index (κ1) is 27.9. The molecule has 1 aromatic rings. The summed E-state index contributed by atoms with van der Waals surface area (Å²) in [5.41, 5.74) is 0.537. The summed E-state index contributed by atoms with van der Waals surface area (Å²) in [6.45, 7) is 8.56. The zero-order chi connectivity index (χ0) is 25.0. The Bertz CT molecular complexity index is 824. The lowest BCUT2D eigenvalue weighted by atomic mass is 10.0. The highest BCUT2D eigenvalue weighted by molar-refractivity contribution is 5.76. The smallest absolute Gasteiger partial charge is 0.480 e. The number of hydrogen-bond donors (Lipinski definition) is 2. The molecule has 3 atom stereocenters. The highest BCUT2D eigenvalue weighted by Crippen LogP contribution is 2.30. The zero-order valence-corrected chi connectivity index (χ0v) is 19.7. The van der Waals surface area contributed by atoms with Crippen LogP contribution >= 0.6 is 0 Å². The average Bonchev–Trinajstić information content (AvgIpc) is 2.77. The Morgan fingerprint density at radius 3 is 2.03 bits per heavy atom. The maximum absolute atomic E-state index is 11.8. The molecule has 0 aliphatic carbocycles. The summed E-state index contributed by atoms with van der Waals surface area (Å²) in [5, 5.41) is 12.4. The number of carboxylic acid groups (broad SMARTS) is 1. The molecule has 0 bridgehead atoms. The lowest BCUT2D eigenvalue weighted by Gasteiger charge is -2.20. The second kappa shape index (κ2) is 14.1. The van der Waals surface area contributed by atoms with E-state index in [-0.39, 0.29) is 43.4 Å². The molecule has 33 heavy (non-hydrogen) atoms. The molecule has 10 heteroatoms. The van der Waals surface area contributed by atoms with Gasteiger partial charge in [-0.25, -0.2) is 4.79 Å². The predicted molar refractivity (Wildman–Crippen MR) is 118 cm³/mol. The summed E-state index contributed by atoms with van der Waals surface area (Å²) in [4.78, 5) is 46.8. The number of rotatable bonds is 13. The Kier molecular flexibility index (Phi) is 11.9. The van der Waals surface area contributed by atoms with Gasteiger partial charge >= 0.3 is 24.1 Å². The summed E-state index contributed by atoms with van der Waals surface area (Å²) >= 11 is 0. The molecular formula is C23H33NO9. The normalized spacial score (nSPS) is 13.4. The highest BCUT2D eigenvalue weighted by Gasteiger charge is 2.22. The molecule has 0 aromatic heterocycles. The zero-order valence-electron chi connectivity index (χ0n) is 19.7. The van der Waals surface area contributed by atoms with Crippen molar-refractivity contribution in [2.75, 3.05) is 6.54 Å². The van der Waals surface area contributed by atoms with Crippen LogP contribution in [0.2, 0.25) is 0 Å². The van der Waals surface area contributed by atoms with Crippen molar-refractivity contribution in [1.82, 2.24) is 5.32 Å². The SMILES string of the molecule is CCC(=O)Oc1ccc(C[C@H](NCC(C)OC(=O)OC(C)CC)C(=O)O)cc1OC(=O)CC. The standard InChI is InChI=1S/C23H33NO9/c1-6-14(4)30-23(29)31-15(5)13-24-17(22(27)28)11-16-9-10-18(32-20(25)7-2)19(12-16)33-21(26)8-3/h9-10,12,14-15,17,24H,6-8,11,13H2,1-5H3,(H,27,28)/t14?,15?,17-/m0/s1. The highest BCUT2D eigenvalue weighted by atomic mass is 16.7. The van der Waals surface area contributed by atoms with Crippen LogP contribution < -0.4 is 14.8 Å². The van der Waals surface area contributed by atoms with Gasteiger partial charge in [-0.05, 0) is 44.4 Å². The molecule has 0 aliphatic heterocycles. The second-order valence-corrected chi connectivity index (χ2v) is 7.45. The van der Waals surface area contributed by atoms with Gasteiger partial charge in [-0.15, -0.1) is 0 Å². The summed E-state index contributed by atoms with van der Waals surface area (Å²) in [7, 11) is 0. The van der Waals surface area contributed by atoms with Crippen LogP contribution in [0.4, 0.5) is 4.79 Å². The summed E-state index contributed by atoms with van der Waals surface area (Å²) in [6, 6.07) is 3.49. The first-order valence-electron chi connectivity index (χ1n) is 11.0. The van der Waals surface area contributed by atoms with Gasteiger partial charge in [-0.3, -0.25) is 14.4 Å².